The number of rotatable bonds is 5. The largest absolute Gasteiger partial charge is 0.508 e. The highest BCUT2D eigenvalue weighted by molar-refractivity contribution is 6.12. The van der Waals surface area contributed by atoms with Crippen LogP contribution in [0.1, 0.15) is 71.9 Å². The fourth-order valence-electron chi connectivity index (χ4n) is 3.44. The van der Waals surface area contributed by atoms with Crippen LogP contribution in [0.3, 0.4) is 0 Å². The zero-order valence-electron chi connectivity index (χ0n) is 18.5. The number of allylic oxidation sites excluding steroid dienone is 3. The number of nitrogens with one attached hydrogen (secondary N) is 1. The molecule has 0 fully saturated rings. The minimum Gasteiger partial charge on any atom is -0.508 e. The van der Waals surface area contributed by atoms with Crippen LogP contribution in [0, 0.1) is 10.1 Å². The third-order valence-electron chi connectivity index (χ3n) is 4.97. The molecule has 7 heteroatoms. The lowest BCUT2D eigenvalue weighted by Crippen LogP contribution is -2.24. The molecule has 1 aliphatic carbocycles. The van der Waals surface area contributed by atoms with Gasteiger partial charge in [0.25, 0.3) is 5.70 Å². The average Bonchev–Trinajstić information content (AvgIpc) is 2.59. The van der Waals surface area contributed by atoms with E-state index in [1.165, 1.54) is 18.2 Å². The van der Waals surface area contributed by atoms with Crippen molar-refractivity contribution in [3.63, 3.8) is 0 Å². The lowest BCUT2D eigenvalue weighted by molar-refractivity contribution is -0.420. The first-order valence-electron chi connectivity index (χ1n) is 9.98. The fraction of sp³-hybridized carbons (Fsp3) is 0.478. The Kier molecular flexibility index (Phi) is 6.54. The fourth-order valence-corrected chi connectivity index (χ4v) is 3.44. The smallest absolute Gasteiger partial charge is 0.275 e. The number of phenolic OH excluding ortho intramolecular Hbond substituents is 1. The molecule has 7 nitrogen and oxygen atoms in total. The number of Topliss-reactive ketones (excluding diaryl/α,β-unsaturated/α-hetero) is 1. The van der Waals surface area contributed by atoms with Crippen LogP contribution in [0.4, 0.5) is 5.69 Å². The number of carbonyl (C=O) groups is 2. The Morgan fingerprint density at radius 2 is 1.60 bits per heavy atom. The molecular weight excluding hydrogens is 384 g/mol. The summed E-state index contributed by atoms with van der Waals surface area (Å²) in [5, 5.41) is 24.4. The summed E-state index contributed by atoms with van der Waals surface area (Å²) in [4.78, 5) is 35.7. The number of nitrogens with zero attached hydrogens (tertiary/aromatic N) is 1. The van der Waals surface area contributed by atoms with E-state index >= 15 is 0 Å². The molecule has 0 aliphatic heterocycles. The number of carbonyl (C=O) groups excluding carboxylic acids is 2. The molecule has 0 radical (unpaired) electrons. The molecule has 0 saturated heterocycles. The van der Waals surface area contributed by atoms with Gasteiger partial charge in [-0.2, -0.15) is 0 Å². The maximum atomic E-state index is 12.6. The lowest BCUT2D eigenvalue weighted by Gasteiger charge is -2.28. The number of nitro groups is 1. The van der Waals surface area contributed by atoms with Gasteiger partial charge >= 0.3 is 0 Å². The monoisotopic (exact) mass is 414 g/mol. The second kappa shape index (κ2) is 8.42. The summed E-state index contributed by atoms with van der Waals surface area (Å²) in [5.74, 6) is -1.11. The normalized spacial score (nSPS) is 14.6. The van der Waals surface area contributed by atoms with Crippen LogP contribution in [0.15, 0.2) is 35.6 Å². The number of phenols is 1. The van der Waals surface area contributed by atoms with Crippen molar-refractivity contribution in [3.8, 4) is 5.75 Å². The SMILES string of the molecule is CC(C)(C)c1cc(C(C)(C)C)c(NC(=O)CC(=O)C2=CCCC=C2[N+](=O)[O-])cc1O. The van der Waals surface area contributed by atoms with Crippen molar-refractivity contribution in [3.05, 3.63) is 56.8 Å². The average molecular weight is 415 g/mol. The number of benzene rings is 1. The van der Waals surface area contributed by atoms with Crippen molar-refractivity contribution in [2.24, 2.45) is 0 Å². The molecule has 0 atom stereocenters. The summed E-state index contributed by atoms with van der Waals surface area (Å²) >= 11 is 0. The Balaban J connectivity index is 2.29. The molecule has 162 valence electrons. The van der Waals surface area contributed by atoms with Gasteiger partial charge in [0.15, 0.2) is 5.78 Å². The molecular formula is C23H30N2O5. The molecule has 0 spiro atoms. The summed E-state index contributed by atoms with van der Waals surface area (Å²) < 4.78 is 0. The molecule has 0 bridgehead atoms. The molecule has 30 heavy (non-hydrogen) atoms. The van der Waals surface area contributed by atoms with E-state index < -0.39 is 23.0 Å². The molecule has 1 aromatic rings. The van der Waals surface area contributed by atoms with Crippen LogP contribution in [-0.4, -0.2) is 21.7 Å². The van der Waals surface area contributed by atoms with Gasteiger partial charge in [-0.25, -0.2) is 0 Å². The third-order valence-corrected chi connectivity index (χ3v) is 4.97. The second-order valence-corrected chi connectivity index (χ2v) is 9.60. The Morgan fingerprint density at radius 1 is 1.03 bits per heavy atom. The highest BCUT2D eigenvalue weighted by Crippen LogP contribution is 2.39. The number of hydrogen-bond acceptors (Lipinski definition) is 5. The van der Waals surface area contributed by atoms with E-state index in [4.69, 9.17) is 0 Å². The van der Waals surface area contributed by atoms with Crippen molar-refractivity contribution in [2.75, 3.05) is 5.32 Å². The molecule has 0 heterocycles. The first kappa shape index (κ1) is 23.3. The maximum Gasteiger partial charge on any atom is 0.275 e. The maximum absolute atomic E-state index is 12.6. The van der Waals surface area contributed by atoms with Crippen LogP contribution in [0.25, 0.3) is 0 Å². The molecule has 0 aromatic heterocycles. The van der Waals surface area contributed by atoms with Gasteiger partial charge in [-0.05, 0) is 46.9 Å². The minimum atomic E-state index is -0.595. The molecule has 0 saturated carbocycles. The van der Waals surface area contributed by atoms with Gasteiger partial charge in [-0.3, -0.25) is 19.7 Å². The summed E-state index contributed by atoms with van der Waals surface area (Å²) in [6.07, 6.45) is 3.43. The van der Waals surface area contributed by atoms with Gasteiger partial charge in [0.05, 0.1) is 16.9 Å². The molecule has 0 unspecified atom stereocenters. The van der Waals surface area contributed by atoms with Crippen LogP contribution in [-0.2, 0) is 20.4 Å². The molecule has 1 aliphatic rings. The standard InChI is InChI=1S/C23H30N2O5/c1-22(2,3)15-11-16(23(4,5)6)20(27)12-17(15)24-21(28)13-19(26)14-9-7-8-10-18(14)25(29)30/h9-12,27H,7-8,13H2,1-6H3,(H,24,28). The van der Waals surface area contributed by atoms with E-state index in [2.05, 4.69) is 5.32 Å². The Bertz CT molecular complexity index is 944. The summed E-state index contributed by atoms with van der Waals surface area (Å²) in [6.45, 7) is 12.0. The predicted octanol–water partition coefficient (Wildman–Crippen LogP) is 4.77. The van der Waals surface area contributed by atoms with E-state index in [-0.39, 0.29) is 27.8 Å². The van der Waals surface area contributed by atoms with Crippen molar-refractivity contribution >= 4 is 17.4 Å². The zero-order valence-corrected chi connectivity index (χ0v) is 18.5. The number of amides is 1. The number of ketones is 1. The molecule has 1 aromatic carbocycles. The molecule has 2 rings (SSSR count). The summed E-state index contributed by atoms with van der Waals surface area (Å²) in [7, 11) is 0. The number of aromatic hydroxyl groups is 1. The van der Waals surface area contributed by atoms with Gasteiger partial charge in [-0.15, -0.1) is 0 Å². The Labute approximate surface area is 177 Å². The van der Waals surface area contributed by atoms with Crippen LogP contribution in [0.5, 0.6) is 5.75 Å². The van der Waals surface area contributed by atoms with Gasteiger partial charge in [0.2, 0.25) is 5.91 Å². The topological polar surface area (TPSA) is 110 Å². The lowest BCUT2D eigenvalue weighted by atomic mass is 9.79. The first-order valence-corrected chi connectivity index (χ1v) is 9.98. The molecule has 1 amide bonds. The quantitative estimate of drug-likeness (QED) is 0.410. The van der Waals surface area contributed by atoms with Crippen LogP contribution >= 0.6 is 0 Å². The highest BCUT2D eigenvalue weighted by atomic mass is 16.6. The minimum absolute atomic E-state index is 0.0247. The number of anilines is 1. The summed E-state index contributed by atoms with van der Waals surface area (Å²) in [6, 6.07) is 3.38. The first-order chi connectivity index (χ1) is 13.7. The van der Waals surface area contributed by atoms with E-state index in [9.17, 15) is 24.8 Å². The predicted molar refractivity (Wildman–Crippen MR) is 116 cm³/mol. The molecule has 2 N–H and O–H groups in total. The van der Waals surface area contributed by atoms with Gasteiger partial charge in [0.1, 0.15) is 5.75 Å². The van der Waals surface area contributed by atoms with Gasteiger partial charge in [-0.1, -0.05) is 47.6 Å². The van der Waals surface area contributed by atoms with Crippen LogP contribution < -0.4 is 5.32 Å². The van der Waals surface area contributed by atoms with Crippen molar-refractivity contribution in [1.29, 1.82) is 0 Å². The van der Waals surface area contributed by atoms with E-state index in [1.54, 1.807) is 0 Å². The third kappa shape index (κ3) is 5.34. The zero-order chi connectivity index (χ0) is 22.9. The van der Waals surface area contributed by atoms with Crippen molar-refractivity contribution < 1.29 is 19.6 Å². The van der Waals surface area contributed by atoms with Gasteiger partial charge < -0.3 is 10.4 Å². The highest BCUT2D eigenvalue weighted by Gasteiger charge is 2.29. The van der Waals surface area contributed by atoms with E-state index in [1.807, 2.05) is 47.6 Å². The van der Waals surface area contributed by atoms with E-state index in [0.29, 0.717) is 18.5 Å². The second-order valence-electron chi connectivity index (χ2n) is 9.60. The van der Waals surface area contributed by atoms with E-state index in [0.717, 1.165) is 11.1 Å². The Morgan fingerprint density at radius 3 is 2.13 bits per heavy atom. The Hall–Kier alpha value is -2.96. The van der Waals surface area contributed by atoms with Crippen LogP contribution in [0.2, 0.25) is 0 Å². The van der Waals surface area contributed by atoms with Gasteiger partial charge in [0, 0.05) is 11.8 Å². The number of hydrogen-bond donors (Lipinski definition) is 2. The summed E-state index contributed by atoms with van der Waals surface area (Å²) in [5.41, 5.74) is 1.12. The van der Waals surface area contributed by atoms with Crippen molar-refractivity contribution in [2.45, 2.75) is 71.6 Å². The van der Waals surface area contributed by atoms with Crippen molar-refractivity contribution in [1.82, 2.24) is 0 Å².